The Balaban J connectivity index is 0. The molecule has 38 heavy (non-hydrogen) atoms. The van der Waals surface area contributed by atoms with Crippen molar-refractivity contribution in [2.24, 2.45) is 0 Å². The van der Waals surface area contributed by atoms with Crippen molar-refractivity contribution in [3.8, 4) is 0 Å². The van der Waals surface area contributed by atoms with Gasteiger partial charge in [-0.15, -0.1) is 0 Å². The van der Waals surface area contributed by atoms with Crippen LogP contribution in [0.4, 0.5) is 0 Å². The fraction of sp³-hybridized carbons (Fsp3) is 0. The van der Waals surface area contributed by atoms with Crippen LogP contribution in [0.25, 0.3) is 0 Å². The zero-order chi connectivity index (χ0) is 0. The molecule has 35 nitrogen and oxygen atoms in total. The number of hydrogen-bond acceptors (Lipinski definition) is 0. The summed E-state index contributed by atoms with van der Waals surface area (Å²) in [6.07, 6.45) is 0. The summed E-state index contributed by atoms with van der Waals surface area (Å²) in [7, 11) is 0. The topological polar surface area (TPSA) is 1100 Å². The van der Waals surface area contributed by atoms with Crippen LogP contribution in [-0.2, 0) is 51.2 Å². The number of hydrogen-bond donors (Lipinski definition) is 0. The van der Waals surface area contributed by atoms with Crippen molar-refractivity contribution < 1.29 is 243 Å². The van der Waals surface area contributed by atoms with Gasteiger partial charge in [-0.3, -0.25) is 0 Å². The SMILES string of the molecule is O.O.O.O.O.O.O.O.O.O.O.O.O.O.O.O.O.O.O.O.O.O.O.O.O.O.O.O.O.O.O.O.O.O.O.[Fe].[Fe].[Fe]. The predicted octanol–water partition coefficient (Wildman–Crippen LogP) is -28.9. The van der Waals surface area contributed by atoms with Crippen LogP contribution in [0, 0.1) is 0 Å². The van der Waals surface area contributed by atoms with Crippen molar-refractivity contribution in [2.45, 2.75) is 0 Å². The summed E-state index contributed by atoms with van der Waals surface area (Å²) >= 11 is 0. The molecule has 0 saturated carbocycles. The molecule has 0 aliphatic carbocycles. The Kier molecular flexibility index (Phi) is 107000000000. The van der Waals surface area contributed by atoms with Crippen LogP contribution in [0.15, 0.2) is 0 Å². The van der Waals surface area contributed by atoms with Crippen molar-refractivity contribution >= 4 is 0 Å². The standard InChI is InChI=1S/3Fe.35H2O/h;;;35*1H2. The Hall–Kier alpha value is 0.158. The predicted molar refractivity (Wildman–Crippen MR) is 126 cm³/mol. The molecule has 70 N–H and O–H groups in total. The smallest absolute Gasteiger partial charge is 0 e. The van der Waals surface area contributed by atoms with E-state index in [9.17, 15) is 0 Å². The van der Waals surface area contributed by atoms with Gasteiger partial charge >= 0.3 is 0 Å². The van der Waals surface area contributed by atoms with Crippen molar-refractivity contribution in [1.82, 2.24) is 0 Å². The molecule has 0 heterocycles. The maximum absolute atomic E-state index is 0. The van der Waals surface area contributed by atoms with E-state index in [1.54, 1.807) is 0 Å². The van der Waals surface area contributed by atoms with Crippen LogP contribution in [-0.4, -0.2) is 192 Å². The van der Waals surface area contributed by atoms with Gasteiger partial charge in [0.25, 0.3) is 0 Å². The van der Waals surface area contributed by atoms with E-state index in [4.69, 9.17) is 0 Å². The fourth-order valence-corrected chi connectivity index (χ4v) is 0. The minimum absolute atomic E-state index is 0. The Labute approximate surface area is 243 Å². The van der Waals surface area contributed by atoms with Crippen LogP contribution < -0.4 is 0 Å². The van der Waals surface area contributed by atoms with E-state index in [0.717, 1.165) is 0 Å². The molecule has 0 aliphatic rings. The molecular weight excluding hydrogens is 728 g/mol. The first kappa shape index (κ1) is 2100000. The summed E-state index contributed by atoms with van der Waals surface area (Å²) in [4.78, 5) is 0. The molecule has 304 valence electrons. The molecule has 0 spiro atoms. The third-order valence-electron chi connectivity index (χ3n) is 0. The van der Waals surface area contributed by atoms with Crippen molar-refractivity contribution in [3.05, 3.63) is 0 Å². The molecule has 0 amide bonds. The van der Waals surface area contributed by atoms with Crippen LogP contribution >= 0.6 is 0 Å². The molecule has 0 rings (SSSR count). The zero-order valence-corrected chi connectivity index (χ0v) is 21.9. The molecule has 0 aromatic heterocycles. The molecule has 0 unspecified atom stereocenters. The second-order valence-electron chi connectivity index (χ2n) is 0. The Morgan fingerprint density at radius 3 is 0.0526 bits per heavy atom. The molecule has 0 saturated heterocycles. The maximum atomic E-state index is 0. The largest absolute Gasteiger partial charge is 0.412 e. The fourth-order valence-electron chi connectivity index (χ4n) is 0. The van der Waals surface area contributed by atoms with Gasteiger partial charge in [0.1, 0.15) is 0 Å². The van der Waals surface area contributed by atoms with E-state index in [0.29, 0.717) is 0 Å². The summed E-state index contributed by atoms with van der Waals surface area (Å²) in [6, 6.07) is 0. The Morgan fingerprint density at radius 1 is 0.0526 bits per heavy atom. The van der Waals surface area contributed by atoms with E-state index >= 15 is 0 Å². The van der Waals surface area contributed by atoms with Crippen molar-refractivity contribution in [3.63, 3.8) is 0 Å². The normalized spacial score (nSPS) is 0. The molecule has 0 atom stereocenters. The molecule has 0 aromatic rings. The van der Waals surface area contributed by atoms with E-state index in [-0.39, 0.29) is 243 Å². The second-order valence-corrected chi connectivity index (χ2v) is 0. The Morgan fingerprint density at radius 2 is 0.0526 bits per heavy atom. The van der Waals surface area contributed by atoms with Crippen LogP contribution in [0.1, 0.15) is 0 Å². The van der Waals surface area contributed by atoms with Gasteiger partial charge in [-0.25, -0.2) is 0 Å². The molecule has 0 aliphatic heterocycles. The summed E-state index contributed by atoms with van der Waals surface area (Å²) in [5.74, 6) is 0. The third-order valence-corrected chi connectivity index (χ3v) is 0. The van der Waals surface area contributed by atoms with E-state index < -0.39 is 0 Å². The van der Waals surface area contributed by atoms with Gasteiger partial charge in [0.2, 0.25) is 0 Å². The molecule has 0 aromatic carbocycles. The molecule has 0 fully saturated rings. The molecule has 38 heteroatoms. The first-order valence-electron chi connectivity index (χ1n) is 0. The van der Waals surface area contributed by atoms with Gasteiger partial charge < -0.3 is 192 Å². The van der Waals surface area contributed by atoms with Crippen molar-refractivity contribution in [1.29, 1.82) is 0 Å². The maximum Gasteiger partial charge on any atom is 0 e. The van der Waals surface area contributed by atoms with Crippen LogP contribution in [0.3, 0.4) is 0 Å². The summed E-state index contributed by atoms with van der Waals surface area (Å²) in [6.45, 7) is 0. The number of rotatable bonds is 0. The average Bonchev–Trinajstić information content (AvgIpc) is 0. The first-order valence-corrected chi connectivity index (χ1v) is 0. The summed E-state index contributed by atoms with van der Waals surface area (Å²) in [5, 5.41) is 0. The molecule has 0 radical (unpaired) electrons. The third kappa shape index (κ3) is 1780000. The van der Waals surface area contributed by atoms with Gasteiger partial charge in [-0.05, 0) is 0 Å². The first-order chi connectivity index (χ1) is 0. The van der Waals surface area contributed by atoms with Gasteiger partial charge in [-0.2, -0.15) is 0 Å². The average molecular weight is 798 g/mol. The minimum atomic E-state index is 0. The Bertz CT molecular complexity index is 15.1. The quantitative estimate of drug-likeness (QED) is 0.206. The minimum Gasteiger partial charge on any atom is -0.412 e. The van der Waals surface area contributed by atoms with Gasteiger partial charge in [0.05, 0.1) is 0 Å². The van der Waals surface area contributed by atoms with Gasteiger partial charge in [0.15, 0.2) is 0 Å². The zero-order valence-electron chi connectivity index (χ0n) is 18.6. The second kappa shape index (κ2) is 1940000. The van der Waals surface area contributed by atoms with Crippen LogP contribution in [0.5, 0.6) is 0 Å². The van der Waals surface area contributed by atoms with Gasteiger partial charge in [-0.1, -0.05) is 0 Å². The summed E-state index contributed by atoms with van der Waals surface area (Å²) in [5.41, 5.74) is 0. The van der Waals surface area contributed by atoms with Crippen molar-refractivity contribution in [2.75, 3.05) is 0 Å². The summed E-state index contributed by atoms with van der Waals surface area (Å²) < 4.78 is 0. The van der Waals surface area contributed by atoms with E-state index in [2.05, 4.69) is 0 Å². The molecule has 0 bridgehead atoms. The van der Waals surface area contributed by atoms with Crippen LogP contribution in [0.2, 0.25) is 0 Å². The van der Waals surface area contributed by atoms with E-state index in [1.165, 1.54) is 0 Å². The monoisotopic (exact) mass is 798 g/mol. The molecular formula is H70Fe3O35. The van der Waals surface area contributed by atoms with Gasteiger partial charge in [0, 0.05) is 51.2 Å². The van der Waals surface area contributed by atoms with E-state index in [1.807, 2.05) is 0 Å².